The molecule has 0 heterocycles. The van der Waals surface area contributed by atoms with Gasteiger partial charge >= 0.3 is 0 Å². The number of carbonyl (C=O) groups is 2. The number of halogens is 2. The molecule has 1 saturated carbocycles. The summed E-state index contributed by atoms with van der Waals surface area (Å²) >= 11 is 9.78. The predicted molar refractivity (Wildman–Crippen MR) is 139 cm³/mol. The fraction of sp³-hybridized carbons (Fsp3) is 0.259. The van der Waals surface area contributed by atoms with Gasteiger partial charge in [-0.25, -0.2) is 0 Å². The van der Waals surface area contributed by atoms with E-state index in [1.165, 1.54) is 6.42 Å². The van der Waals surface area contributed by atoms with Gasteiger partial charge in [0, 0.05) is 11.7 Å². The van der Waals surface area contributed by atoms with Crippen LogP contribution in [0.5, 0.6) is 5.75 Å². The zero-order chi connectivity index (χ0) is 23.9. The maximum atomic E-state index is 12.7. The predicted octanol–water partition coefficient (Wildman–Crippen LogP) is 6.85. The minimum atomic E-state index is -0.333. The first-order chi connectivity index (χ1) is 16.5. The number of anilines is 1. The first-order valence-electron chi connectivity index (χ1n) is 11.4. The van der Waals surface area contributed by atoms with Gasteiger partial charge in [-0.3, -0.25) is 9.59 Å². The molecule has 0 bridgehead atoms. The second-order valence-corrected chi connectivity index (χ2v) is 9.61. The molecule has 4 rings (SSSR count). The Labute approximate surface area is 213 Å². The molecule has 7 heteroatoms. The van der Waals surface area contributed by atoms with Crippen LogP contribution in [0.15, 0.2) is 71.2 Å². The van der Waals surface area contributed by atoms with Crippen molar-refractivity contribution in [3.8, 4) is 16.9 Å². The fourth-order valence-electron chi connectivity index (χ4n) is 4.06. The van der Waals surface area contributed by atoms with Crippen LogP contribution in [0.3, 0.4) is 0 Å². The van der Waals surface area contributed by atoms with E-state index in [9.17, 15) is 9.59 Å². The zero-order valence-corrected chi connectivity index (χ0v) is 21.0. The molecule has 0 unspecified atom stereocenters. The summed E-state index contributed by atoms with van der Waals surface area (Å²) in [6.45, 7) is -0.171. The number of hydrogen-bond donors (Lipinski definition) is 2. The first-order valence-corrected chi connectivity index (χ1v) is 12.5. The largest absolute Gasteiger partial charge is 0.483 e. The number of ether oxygens (including phenoxy) is 1. The van der Waals surface area contributed by atoms with E-state index in [2.05, 4.69) is 26.6 Å². The summed E-state index contributed by atoms with van der Waals surface area (Å²) < 4.78 is 6.46. The van der Waals surface area contributed by atoms with E-state index in [4.69, 9.17) is 16.3 Å². The van der Waals surface area contributed by atoms with Gasteiger partial charge in [-0.15, -0.1) is 0 Å². The van der Waals surface area contributed by atoms with E-state index in [-0.39, 0.29) is 24.5 Å². The zero-order valence-electron chi connectivity index (χ0n) is 18.7. The quantitative estimate of drug-likeness (QED) is 0.344. The third-order valence-corrected chi connectivity index (χ3v) is 6.78. The van der Waals surface area contributed by atoms with Crippen LogP contribution >= 0.6 is 27.5 Å². The summed E-state index contributed by atoms with van der Waals surface area (Å²) in [6.07, 6.45) is 5.43. The molecule has 0 spiro atoms. The molecule has 0 radical (unpaired) electrons. The van der Waals surface area contributed by atoms with Crippen molar-refractivity contribution in [2.75, 3.05) is 11.9 Å². The Morgan fingerprint density at radius 1 is 0.941 bits per heavy atom. The molecule has 0 aliphatic heterocycles. The molecule has 3 aromatic rings. The Bertz CT molecular complexity index is 1160. The SMILES string of the molecule is O=C(COc1ccc(-c2ccccc2)cc1Br)Nc1ccc(Cl)c(C(=O)NC2CCCCC2)c1. The summed E-state index contributed by atoms with van der Waals surface area (Å²) in [7, 11) is 0. The van der Waals surface area contributed by atoms with Crippen molar-refractivity contribution in [1.29, 1.82) is 0 Å². The van der Waals surface area contributed by atoms with Crippen LogP contribution in [0, 0.1) is 0 Å². The van der Waals surface area contributed by atoms with E-state index in [0.29, 0.717) is 22.0 Å². The smallest absolute Gasteiger partial charge is 0.262 e. The second kappa shape index (κ2) is 11.5. The van der Waals surface area contributed by atoms with Crippen LogP contribution in [0.1, 0.15) is 42.5 Å². The third kappa shape index (κ3) is 6.39. The van der Waals surface area contributed by atoms with Crippen molar-refractivity contribution < 1.29 is 14.3 Å². The molecule has 34 heavy (non-hydrogen) atoms. The van der Waals surface area contributed by atoms with Gasteiger partial charge in [0.05, 0.1) is 15.1 Å². The summed E-state index contributed by atoms with van der Waals surface area (Å²) in [5.41, 5.74) is 2.98. The molecular formula is C27H26BrClN2O3. The van der Waals surface area contributed by atoms with E-state index >= 15 is 0 Å². The highest BCUT2D eigenvalue weighted by Gasteiger charge is 2.19. The molecule has 1 aliphatic rings. The molecule has 0 atom stereocenters. The third-order valence-electron chi connectivity index (χ3n) is 5.83. The monoisotopic (exact) mass is 540 g/mol. The molecular weight excluding hydrogens is 516 g/mol. The average molecular weight is 542 g/mol. The Hall–Kier alpha value is -2.83. The van der Waals surface area contributed by atoms with Gasteiger partial charge in [0.2, 0.25) is 0 Å². The van der Waals surface area contributed by atoms with Gasteiger partial charge in [-0.1, -0.05) is 67.3 Å². The van der Waals surface area contributed by atoms with Gasteiger partial charge in [0.25, 0.3) is 11.8 Å². The Morgan fingerprint density at radius 3 is 2.44 bits per heavy atom. The number of carbonyl (C=O) groups excluding carboxylic acids is 2. The number of hydrogen-bond acceptors (Lipinski definition) is 3. The molecule has 2 N–H and O–H groups in total. The van der Waals surface area contributed by atoms with E-state index < -0.39 is 0 Å². The van der Waals surface area contributed by atoms with Gasteiger partial charge < -0.3 is 15.4 Å². The summed E-state index contributed by atoms with van der Waals surface area (Å²) in [5, 5.41) is 6.19. The van der Waals surface area contributed by atoms with Crippen molar-refractivity contribution >= 4 is 45.0 Å². The lowest BCUT2D eigenvalue weighted by atomic mass is 9.95. The van der Waals surface area contributed by atoms with E-state index in [1.54, 1.807) is 18.2 Å². The van der Waals surface area contributed by atoms with Crippen LogP contribution in [0.25, 0.3) is 11.1 Å². The molecule has 1 aliphatic carbocycles. The maximum absolute atomic E-state index is 12.7. The molecule has 3 aromatic carbocycles. The van der Waals surface area contributed by atoms with Gasteiger partial charge in [-0.05, 0) is 70.2 Å². The van der Waals surface area contributed by atoms with Crippen LogP contribution in [-0.4, -0.2) is 24.5 Å². The lowest BCUT2D eigenvalue weighted by Gasteiger charge is -2.23. The molecule has 1 fully saturated rings. The molecule has 176 valence electrons. The number of rotatable bonds is 7. The standard InChI is InChI=1S/C27H26BrClN2O3/c28-23-15-19(18-7-3-1-4-8-18)11-14-25(23)34-17-26(32)30-21-12-13-24(29)22(16-21)27(33)31-20-9-5-2-6-10-20/h1,3-4,7-8,11-16,20H,2,5-6,9-10,17H2,(H,30,32)(H,31,33). The number of nitrogens with one attached hydrogen (secondary N) is 2. The van der Waals surface area contributed by atoms with Crippen molar-refractivity contribution in [2.24, 2.45) is 0 Å². The van der Waals surface area contributed by atoms with Crippen molar-refractivity contribution in [2.45, 2.75) is 38.1 Å². The molecule has 0 saturated heterocycles. The fourth-order valence-corrected chi connectivity index (χ4v) is 4.75. The van der Waals surface area contributed by atoms with Crippen molar-refractivity contribution in [1.82, 2.24) is 5.32 Å². The normalized spacial score (nSPS) is 13.8. The second-order valence-electron chi connectivity index (χ2n) is 8.35. The highest BCUT2D eigenvalue weighted by atomic mass is 79.9. The van der Waals surface area contributed by atoms with Crippen LogP contribution in [0.2, 0.25) is 5.02 Å². The van der Waals surface area contributed by atoms with Crippen LogP contribution in [-0.2, 0) is 4.79 Å². The lowest BCUT2D eigenvalue weighted by molar-refractivity contribution is -0.118. The van der Waals surface area contributed by atoms with Crippen molar-refractivity contribution in [3.63, 3.8) is 0 Å². The Kier molecular flexibility index (Phi) is 8.25. The van der Waals surface area contributed by atoms with E-state index in [1.807, 2.05) is 48.5 Å². The highest BCUT2D eigenvalue weighted by Crippen LogP contribution is 2.31. The maximum Gasteiger partial charge on any atom is 0.262 e. The van der Waals surface area contributed by atoms with Crippen molar-refractivity contribution in [3.05, 3.63) is 81.8 Å². The molecule has 0 aromatic heterocycles. The van der Waals surface area contributed by atoms with E-state index in [0.717, 1.165) is 41.3 Å². The summed E-state index contributed by atoms with van der Waals surface area (Å²) in [5.74, 6) is 0.0187. The Morgan fingerprint density at radius 2 is 1.71 bits per heavy atom. The summed E-state index contributed by atoms with van der Waals surface area (Å²) in [4.78, 5) is 25.2. The number of benzene rings is 3. The lowest BCUT2D eigenvalue weighted by Crippen LogP contribution is -2.36. The topological polar surface area (TPSA) is 67.4 Å². The molecule has 5 nitrogen and oxygen atoms in total. The van der Waals surface area contributed by atoms with Gasteiger partial charge in [-0.2, -0.15) is 0 Å². The summed E-state index contributed by atoms with van der Waals surface area (Å²) in [6, 6.07) is 20.8. The minimum Gasteiger partial charge on any atom is -0.483 e. The van der Waals surface area contributed by atoms with Crippen LogP contribution < -0.4 is 15.4 Å². The Balaban J connectivity index is 1.35. The molecule has 2 amide bonds. The number of amides is 2. The average Bonchev–Trinajstić information content (AvgIpc) is 2.85. The van der Waals surface area contributed by atoms with Crippen LogP contribution in [0.4, 0.5) is 5.69 Å². The minimum absolute atomic E-state index is 0.171. The van der Waals surface area contributed by atoms with Gasteiger partial charge in [0.1, 0.15) is 5.75 Å². The highest BCUT2D eigenvalue weighted by molar-refractivity contribution is 9.10. The first kappa shape index (κ1) is 24.3. The van der Waals surface area contributed by atoms with Gasteiger partial charge in [0.15, 0.2) is 6.61 Å².